The van der Waals surface area contributed by atoms with Crippen LogP contribution in [0.3, 0.4) is 0 Å². The maximum atomic E-state index is 13.1. The number of aryl methyl sites for hydroxylation is 2. The molecule has 1 heterocycles. The molecular formula is C17H15FN2O. The van der Waals surface area contributed by atoms with Gasteiger partial charge in [0.25, 0.3) is 0 Å². The number of hydrogen-bond donors (Lipinski definition) is 1. The van der Waals surface area contributed by atoms with Crippen molar-refractivity contribution in [3.05, 3.63) is 59.4 Å². The predicted octanol–water partition coefficient (Wildman–Crippen LogP) is 4.35. The molecule has 0 spiro atoms. The van der Waals surface area contributed by atoms with E-state index in [1.807, 2.05) is 25.1 Å². The zero-order valence-corrected chi connectivity index (χ0v) is 11.9. The fraction of sp³-hybridized carbons (Fsp3) is 0.118. The second-order valence-corrected chi connectivity index (χ2v) is 5.08. The molecule has 0 fully saturated rings. The number of nitrogens with two attached hydrogens (primary N) is 1. The average molecular weight is 282 g/mol. The summed E-state index contributed by atoms with van der Waals surface area (Å²) >= 11 is 0. The van der Waals surface area contributed by atoms with Crippen molar-refractivity contribution in [2.45, 2.75) is 13.8 Å². The Bertz CT molecular complexity index is 791. The Morgan fingerprint density at radius 2 is 1.62 bits per heavy atom. The number of nitrogen functional groups attached to an aromatic ring is 1. The first-order chi connectivity index (χ1) is 10.1. The van der Waals surface area contributed by atoms with Crippen molar-refractivity contribution >= 4 is 5.88 Å². The quantitative estimate of drug-likeness (QED) is 0.760. The lowest BCUT2D eigenvalue weighted by molar-refractivity contribution is 0.439. The van der Waals surface area contributed by atoms with Gasteiger partial charge in [-0.2, -0.15) is 0 Å². The van der Waals surface area contributed by atoms with Gasteiger partial charge in [-0.05, 0) is 48.7 Å². The van der Waals surface area contributed by atoms with E-state index in [2.05, 4.69) is 12.1 Å². The maximum absolute atomic E-state index is 13.1. The molecule has 0 amide bonds. The van der Waals surface area contributed by atoms with E-state index in [1.165, 1.54) is 23.3 Å². The minimum atomic E-state index is -0.290. The van der Waals surface area contributed by atoms with Crippen molar-refractivity contribution in [3.63, 3.8) is 0 Å². The predicted molar refractivity (Wildman–Crippen MR) is 81.2 cm³/mol. The maximum Gasteiger partial charge on any atom is 0.230 e. The lowest BCUT2D eigenvalue weighted by Gasteiger charge is -2.05. The number of rotatable bonds is 2. The highest BCUT2D eigenvalue weighted by molar-refractivity contribution is 5.86. The highest BCUT2D eigenvalue weighted by Crippen LogP contribution is 2.36. The Hall–Kier alpha value is -2.62. The van der Waals surface area contributed by atoms with Crippen LogP contribution < -0.4 is 5.73 Å². The Kier molecular flexibility index (Phi) is 3.22. The van der Waals surface area contributed by atoms with Gasteiger partial charge in [-0.25, -0.2) is 4.39 Å². The fourth-order valence-electron chi connectivity index (χ4n) is 2.28. The van der Waals surface area contributed by atoms with Gasteiger partial charge in [0.1, 0.15) is 11.5 Å². The molecule has 2 aromatic carbocycles. The van der Waals surface area contributed by atoms with Crippen LogP contribution in [0.5, 0.6) is 0 Å². The van der Waals surface area contributed by atoms with Gasteiger partial charge in [-0.1, -0.05) is 29.4 Å². The standard InChI is InChI=1S/C17H15FN2O/c1-10-3-4-13(9-11(10)2)16-15(17(19)21-20-16)12-5-7-14(18)8-6-12/h3-9H,19H2,1-2H3. The minimum absolute atomic E-state index is 0.231. The lowest BCUT2D eigenvalue weighted by atomic mass is 9.98. The molecule has 0 saturated heterocycles. The molecule has 4 heteroatoms. The molecule has 1 aromatic heterocycles. The first-order valence-corrected chi connectivity index (χ1v) is 6.65. The first kappa shape index (κ1) is 13.4. The van der Waals surface area contributed by atoms with Crippen molar-refractivity contribution < 1.29 is 8.91 Å². The van der Waals surface area contributed by atoms with Crippen LogP contribution in [-0.2, 0) is 0 Å². The molecule has 0 unspecified atom stereocenters. The van der Waals surface area contributed by atoms with Crippen LogP contribution in [-0.4, -0.2) is 5.16 Å². The second-order valence-electron chi connectivity index (χ2n) is 5.08. The Balaban J connectivity index is 2.16. The van der Waals surface area contributed by atoms with E-state index < -0.39 is 0 Å². The molecule has 0 atom stereocenters. The van der Waals surface area contributed by atoms with Crippen LogP contribution in [0, 0.1) is 19.7 Å². The van der Waals surface area contributed by atoms with E-state index in [0.717, 1.165) is 11.1 Å². The van der Waals surface area contributed by atoms with Crippen molar-refractivity contribution in [2.75, 3.05) is 5.73 Å². The third-order valence-electron chi connectivity index (χ3n) is 3.63. The van der Waals surface area contributed by atoms with Crippen LogP contribution in [0.1, 0.15) is 11.1 Å². The van der Waals surface area contributed by atoms with Crippen molar-refractivity contribution in [1.29, 1.82) is 0 Å². The molecule has 3 aromatic rings. The van der Waals surface area contributed by atoms with E-state index in [-0.39, 0.29) is 11.7 Å². The summed E-state index contributed by atoms with van der Waals surface area (Å²) in [5.41, 5.74) is 11.3. The summed E-state index contributed by atoms with van der Waals surface area (Å²) in [6, 6.07) is 12.2. The van der Waals surface area contributed by atoms with Crippen LogP contribution in [0.2, 0.25) is 0 Å². The summed E-state index contributed by atoms with van der Waals surface area (Å²) in [5.74, 6) is -0.0589. The van der Waals surface area contributed by atoms with Crippen LogP contribution in [0.25, 0.3) is 22.4 Å². The highest BCUT2D eigenvalue weighted by atomic mass is 19.1. The molecule has 106 valence electrons. The zero-order chi connectivity index (χ0) is 15.0. The SMILES string of the molecule is Cc1ccc(-c2noc(N)c2-c2ccc(F)cc2)cc1C. The average Bonchev–Trinajstić information content (AvgIpc) is 2.85. The van der Waals surface area contributed by atoms with Gasteiger partial charge >= 0.3 is 0 Å². The lowest BCUT2D eigenvalue weighted by Crippen LogP contribution is -1.89. The molecular weight excluding hydrogens is 267 g/mol. The largest absolute Gasteiger partial charge is 0.367 e. The number of halogens is 1. The fourth-order valence-corrected chi connectivity index (χ4v) is 2.28. The van der Waals surface area contributed by atoms with Gasteiger partial charge in [0.15, 0.2) is 0 Å². The number of benzene rings is 2. The molecule has 21 heavy (non-hydrogen) atoms. The molecule has 0 aliphatic carbocycles. The Morgan fingerprint density at radius 3 is 2.29 bits per heavy atom. The topological polar surface area (TPSA) is 52.0 Å². The molecule has 3 rings (SSSR count). The van der Waals surface area contributed by atoms with Crippen molar-refractivity contribution in [1.82, 2.24) is 5.16 Å². The van der Waals surface area contributed by atoms with Gasteiger partial charge < -0.3 is 10.3 Å². The second kappa shape index (κ2) is 5.05. The minimum Gasteiger partial charge on any atom is -0.367 e. The zero-order valence-electron chi connectivity index (χ0n) is 11.9. The van der Waals surface area contributed by atoms with Gasteiger partial charge in [-0.3, -0.25) is 0 Å². The van der Waals surface area contributed by atoms with Crippen molar-refractivity contribution in [2.24, 2.45) is 0 Å². The normalized spacial score (nSPS) is 10.8. The Morgan fingerprint density at radius 1 is 0.952 bits per heavy atom. The third-order valence-corrected chi connectivity index (χ3v) is 3.63. The number of aromatic nitrogens is 1. The van der Waals surface area contributed by atoms with Gasteiger partial charge in [-0.15, -0.1) is 0 Å². The van der Waals surface area contributed by atoms with Crippen LogP contribution in [0.15, 0.2) is 47.0 Å². The third kappa shape index (κ3) is 2.40. The van der Waals surface area contributed by atoms with Gasteiger partial charge in [0.05, 0.1) is 5.56 Å². The van der Waals surface area contributed by atoms with E-state index in [0.29, 0.717) is 11.3 Å². The smallest absolute Gasteiger partial charge is 0.230 e. The monoisotopic (exact) mass is 282 g/mol. The summed E-state index contributed by atoms with van der Waals surface area (Å²) < 4.78 is 18.2. The summed E-state index contributed by atoms with van der Waals surface area (Å²) in [7, 11) is 0. The number of nitrogens with zero attached hydrogens (tertiary/aromatic N) is 1. The number of hydrogen-bond acceptors (Lipinski definition) is 3. The van der Waals surface area contributed by atoms with E-state index in [9.17, 15) is 4.39 Å². The van der Waals surface area contributed by atoms with Crippen molar-refractivity contribution in [3.8, 4) is 22.4 Å². The van der Waals surface area contributed by atoms with E-state index in [1.54, 1.807) is 12.1 Å². The van der Waals surface area contributed by atoms with E-state index >= 15 is 0 Å². The molecule has 0 radical (unpaired) electrons. The molecule has 0 bridgehead atoms. The molecule has 0 saturated carbocycles. The summed E-state index contributed by atoms with van der Waals surface area (Å²) in [6.07, 6.45) is 0. The molecule has 0 aliphatic heterocycles. The molecule has 0 aliphatic rings. The van der Waals surface area contributed by atoms with Crippen LogP contribution in [0.4, 0.5) is 10.3 Å². The summed E-state index contributed by atoms with van der Waals surface area (Å²) in [4.78, 5) is 0. The van der Waals surface area contributed by atoms with E-state index in [4.69, 9.17) is 10.3 Å². The van der Waals surface area contributed by atoms with Crippen LogP contribution >= 0.6 is 0 Å². The van der Waals surface area contributed by atoms with Gasteiger partial charge in [0, 0.05) is 5.56 Å². The molecule has 3 nitrogen and oxygen atoms in total. The number of anilines is 1. The molecule has 2 N–H and O–H groups in total. The first-order valence-electron chi connectivity index (χ1n) is 6.65. The summed E-state index contributed by atoms with van der Waals surface area (Å²) in [5, 5.41) is 4.06. The van der Waals surface area contributed by atoms with Gasteiger partial charge in [0.2, 0.25) is 5.88 Å². The highest BCUT2D eigenvalue weighted by Gasteiger charge is 2.17. The summed E-state index contributed by atoms with van der Waals surface area (Å²) in [6.45, 7) is 4.09. The Labute approximate surface area is 122 Å².